The van der Waals surface area contributed by atoms with Gasteiger partial charge in [-0.3, -0.25) is 9.59 Å². The molecule has 0 unspecified atom stereocenters. The van der Waals surface area contributed by atoms with Gasteiger partial charge in [0.15, 0.2) is 10.9 Å². The minimum Gasteiger partial charge on any atom is -0.491 e. The first-order valence-corrected chi connectivity index (χ1v) is 7.37. The highest BCUT2D eigenvalue weighted by atomic mass is 32.1. The molecule has 23 heavy (non-hydrogen) atoms. The van der Waals surface area contributed by atoms with Gasteiger partial charge in [0.25, 0.3) is 5.56 Å². The summed E-state index contributed by atoms with van der Waals surface area (Å²) in [6, 6.07) is 3.12. The number of hydrogen-bond acceptors (Lipinski definition) is 7. The summed E-state index contributed by atoms with van der Waals surface area (Å²) < 4.78 is 10.8. The zero-order valence-corrected chi connectivity index (χ0v) is 13.6. The molecule has 2 rings (SSSR count). The maximum absolute atomic E-state index is 12.0. The monoisotopic (exact) mass is 337 g/mol. The van der Waals surface area contributed by atoms with E-state index in [1.165, 1.54) is 31.0 Å². The molecule has 1 amide bonds. The first-order valence-electron chi connectivity index (χ1n) is 6.55. The third-order valence-corrected chi connectivity index (χ3v) is 3.99. The van der Waals surface area contributed by atoms with Crippen LogP contribution in [-0.4, -0.2) is 35.6 Å². The molecule has 2 aromatic heterocycles. The molecule has 2 aromatic rings. The van der Waals surface area contributed by atoms with Gasteiger partial charge in [0.1, 0.15) is 11.4 Å². The number of carbonyl (C=O) groups excluding carboxylic acids is 2. The number of pyridine rings is 1. The summed E-state index contributed by atoms with van der Waals surface area (Å²) in [5.41, 5.74) is 0.0615. The summed E-state index contributed by atoms with van der Waals surface area (Å²) in [5.74, 6) is -0.798. The molecule has 122 valence electrons. The fourth-order valence-electron chi connectivity index (χ4n) is 1.84. The summed E-state index contributed by atoms with van der Waals surface area (Å²) in [4.78, 5) is 39.9. The van der Waals surface area contributed by atoms with Crippen LogP contribution in [0.2, 0.25) is 0 Å². The highest BCUT2D eigenvalue weighted by molar-refractivity contribution is 7.17. The fourth-order valence-corrected chi connectivity index (χ4v) is 2.74. The molecule has 0 aliphatic heterocycles. The molecule has 0 bridgehead atoms. The van der Waals surface area contributed by atoms with Crippen molar-refractivity contribution < 1.29 is 19.1 Å². The average molecular weight is 337 g/mol. The van der Waals surface area contributed by atoms with Crippen LogP contribution in [0.5, 0.6) is 5.75 Å². The van der Waals surface area contributed by atoms with Crippen LogP contribution in [0.4, 0.5) is 5.13 Å². The van der Waals surface area contributed by atoms with Gasteiger partial charge in [-0.1, -0.05) is 11.3 Å². The molecule has 0 fully saturated rings. The second-order valence-electron chi connectivity index (χ2n) is 4.48. The van der Waals surface area contributed by atoms with E-state index in [0.29, 0.717) is 10.6 Å². The molecule has 2 heterocycles. The Bertz CT molecular complexity index is 796. The maximum Gasteiger partial charge on any atom is 0.350 e. The van der Waals surface area contributed by atoms with Gasteiger partial charge in [-0.15, -0.1) is 0 Å². The van der Waals surface area contributed by atoms with Gasteiger partial charge >= 0.3 is 5.97 Å². The number of esters is 1. The van der Waals surface area contributed by atoms with Gasteiger partial charge in [0, 0.05) is 6.20 Å². The largest absolute Gasteiger partial charge is 0.491 e. The Hall–Kier alpha value is -2.68. The number of anilines is 1. The van der Waals surface area contributed by atoms with Gasteiger partial charge < -0.3 is 19.4 Å². The summed E-state index contributed by atoms with van der Waals surface area (Å²) in [5, 5.41) is 2.82. The number of aromatic nitrogens is 2. The molecule has 0 saturated heterocycles. The number of carbonyl (C=O) groups is 2. The SMILES string of the molecule is COC(=O)c1sc(NC(=O)Cn2cccc(OC)c2=O)nc1C. The van der Waals surface area contributed by atoms with E-state index in [0.717, 1.165) is 11.3 Å². The van der Waals surface area contributed by atoms with Crippen molar-refractivity contribution in [2.24, 2.45) is 0 Å². The van der Waals surface area contributed by atoms with Crippen LogP contribution >= 0.6 is 11.3 Å². The Labute approximate surface area is 135 Å². The minimum absolute atomic E-state index is 0.151. The number of amides is 1. The first kappa shape index (κ1) is 16.7. The van der Waals surface area contributed by atoms with Gasteiger partial charge in [-0.05, 0) is 19.1 Å². The molecule has 0 aliphatic carbocycles. The van der Waals surface area contributed by atoms with Crippen molar-refractivity contribution in [1.82, 2.24) is 9.55 Å². The molecule has 0 spiro atoms. The molecule has 1 N–H and O–H groups in total. The second-order valence-corrected chi connectivity index (χ2v) is 5.48. The molecule has 0 aliphatic rings. The average Bonchev–Trinajstić information content (AvgIpc) is 2.89. The van der Waals surface area contributed by atoms with Crippen molar-refractivity contribution in [2.45, 2.75) is 13.5 Å². The summed E-state index contributed by atoms with van der Waals surface area (Å²) in [6.45, 7) is 1.45. The molecule has 0 atom stereocenters. The van der Waals surface area contributed by atoms with Crippen LogP contribution in [0, 0.1) is 6.92 Å². The van der Waals surface area contributed by atoms with Crippen molar-refractivity contribution in [1.29, 1.82) is 0 Å². The van der Waals surface area contributed by atoms with Crippen molar-refractivity contribution in [3.05, 3.63) is 39.3 Å². The van der Waals surface area contributed by atoms with E-state index in [1.807, 2.05) is 0 Å². The second kappa shape index (κ2) is 7.05. The van der Waals surface area contributed by atoms with Crippen molar-refractivity contribution in [2.75, 3.05) is 19.5 Å². The lowest BCUT2D eigenvalue weighted by Crippen LogP contribution is -2.27. The standard InChI is InChI=1S/C14H15N3O5S/c1-8-11(13(20)22-3)23-14(15-8)16-10(18)7-17-6-4-5-9(21-2)12(17)19/h4-6H,7H2,1-3H3,(H,15,16,18). The summed E-state index contributed by atoms with van der Waals surface area (Å²) in [6.07, 6.45) is 1.48. The number of rotatable bonds is 5. The third kappa shape index (κ3) is 3.75. The van der Waals surface area contributed by atoms with E-state index in [2.05, 4.69) is 15.0 Å². The lowest BCUT2D eigenvalue weighted by Gasteiger charge is -2.06. The Balaban J connectivity index is 2.12. The number of aryl methyl sites for hydroxylation is 1. The van der Waals surface area contributed by atoms with Crippen LogP contribution < -0.4 is 15.6 Å². The van der Waals surface area contributed by atoms with Crippen LogP contribution in [0.25, 0.3) is 0 Å². The number of thiazole rings is 1. The van der Waals surface area contributed by atoms with E-state index in [1.54, 1.807) is 13.0 Å². The zero-order valence-electron chi connectivity index (χ0n) is 12.8. The van der Waals surface area contributed by atoms with Crippen molar-refractivity contribution >= 4 is 28.3 Å². The minimum atomic E-state index is -0.510. The number of nitrogens with one attached hydrogen (secondary N) is 1. The normalized spacial score (nSPS) is 10.2. The Morgan fingerprint density at radius 2 is 2.13 bits per heavy atom. The fraction of sp³-hybridized carbons (Fsp3) is 0.286. The Morgan fingerprint density at radius 3 is 2.78 bits per heavy atom. The lowest BCUT2D eigenvalue weighted by atomic mass is 10.4. The summed E-state index contributed by atoms with van der Waals surface area (Å²) >= 11 is 1.01. The Morgan fingerprint density at radius 1 is 1.39 bits per heavy atom. The zero-order chi connectivity index (χ0) is 17.0. The van der Waals surface area contributed by atoms with E-state index in [-0.39, 0.29) is 17.4 Å². The number of nitrogens with zero attached hydrogens (tertiary/aromatic N) is 2. The molecule has 0 radical (unpaired) electrons. The molecular weight excluding hydrogens is 322 g/mol. The van der Waals surface area contributed by atoms with Gasteiger partial charge in [0.05, 0.1) is 19.9 Å². The molecule has 8 nitrogen and oxygen atoms in total. The quantitative estimate of drug-likeness (QED) is 0.819. The summed E-state index contributed by atoms with van der Waals surface area (Å²) in [7, 11) is 2.66. The van der Waals surface area contributed by atoms with Gasteiger partial charge in [-0.25, -0.2) is 9.78 Å². The van der Waals surface area contributed by atoms with Crippen LogP contribution in [-0.2, 0) is 16.1 Å². The van der Waals surface area contributed by atoms with Gasteiger partial charge in [0.2, 0.25) is 5.91 Å². The molecule has 0 aromatic carbocycles. The molecule has 0 saturated carbocycles. The van der Waals surface area contributed by atoms with Crippen molar-refractivity contribution in [3.63, 3.8) is 0 Å². The topological polar surface area (TPSA) is 99.5 Å². The van der Waals surface area contributed by atoms with E-state index in [9.17, 15) is 14.4 Å². The number of hydrogen-bond donors (Lipinski definition) is 1. The van der Waals surface area contributed by atoms with Gasteiger partial charge in [-0.2, -0.15) is 0 Å². The van der Waals surface area contributed by atoms with E-state index in [4.69, 9.17) is 4.74 Å². The highest BCUT2D eigenvalue weighted by Gasteiger charge is 2.17. The van der Waals surface area contributed by atoms with Crippen LogP contribution in [0.15, 0.2) is 23.1 Å². The smallest absolute Gasteiger partial charge is 0.350 e. The molecular formula is C14H15N3O5S. The van der Waals surface area contributed by atoms with Crippen molar-refractivity contribution in [3.8, 4) is 5.75 Å². The van der Waals surface area contributed by atoms with E-state index >= 15 is 0 Å². The lowest BCUT2D eigenvalue weighted by molar-refractivity contribution is -0.116. The predicted octanol–water partition coefficient (Wildman–Crippen LogP) is 1.05. The third-order valence-electron chi connectivity index (χ3n) is 2.93. The highest BCUT2D eigenvalue weighted by Crippen LogP contribution is 2.23. The van der Waals surface area contributed by atoms with E-state index < -0.39 is 17.4 Å². The molecule has 9 heteroatoms. The number of methoxy groups -OCH3 is 2. The first-order chi connectivity index (χ1) is 11.0. The van der Waals surface area contributed by atoms with Crippen LogP contribution in [0.1, 0.15) is 15.4 Å². The van der Waals surface area contributed by atoms with Crippen LogP contribution in [0.3, 0.4) is 0 Å². The predicted molar refractivity (Wildman–Crippen MR) is 84.1 cm³/mol. The maximum atomic E-state index is 12.0. The Kier molecular flexibility index (Phi) is 5.12. The number of ether oxygens (including phenoxy) is 2.